The van der Waals surface area contributed by atoms with Gasteiger partial charge >= 0.3 is 0 Å². The van der Waals surface area contributed by atoms with E-state index in [0.29, 0.717) is 12.8 Å². The summed E-state index contributed by atoms with van der Waals surface area (Å²) in [6, 6.07) is 3.34. The lowest BCUT2D eigenvalue weighted by Gasteiger charge is -2.19. The van der Waals surface area contributed by atoms with Crippen LogP contribution in [-0.2, 0) is 9.59 Å². The van der Waals surface area contributed by atoms with Crippen molar-refractivity contribution in [3.8, 4) is 5.75 Å². The summed E-state index contributed by atoms with van der Waals surface area (Å²) in [7, 11) is 0. The molecule has 0 aromatic heterocycles. The predicted molar refractivity (Wildman–Crippen MR) is 72.7 cm³/mol. The van der Waals surface area contributed by atoms with Crippen molar-refractivity contribution in [2.24, 2.45) is 11.8 Å². The number of hydrogen-bond acceptors (Lipinski definition) is 5. The van der Waals surface area contributed by atoms with E-state index in [1.165, 1.54) is 0 Å². The number of aromatic hydroxyl groups is 1. The fourth-order valence-corrected chi connectivity index (χ4v) is 3.20. The van der Waals surface area contributed by atoms with Crippen LogP contribution in [-0.4, -0.2) is 21.8 Å². The summed E-state index contributed by atoms with van der Waals surface area (Å²) in [6.07, 6.45) is 3.10. The van der Waals surface area contributed by atoms with Crippen LogP contribution in [0.1, 0.15) is 25.7 Å². The van der Waals surface area contributed by atoms with Crippen LogP contribution in [0.2, 0.25) is 0 Å². The molecule has 2 atom stereocenters. The van der Waals surface area contributed by atoms with Gasteiger partial charge in [0.2, 0.25) is 11.8 Å². The molecule has 1 saturated carbocycles. The number of amides is 2. The van der Waals surface area contributed by atoms with Crippen LogP contribution >= 0.6 is 0 Å². The minimum atomic E-state index is -0.624. The number of hydrogen-bond donors (Lipinski definition) is 1. The quantitative estimate of drug-likeness (QED) is 0.510. The third-order valence-corrected chi connectivity index (χ3v) is 4.25. The molecule has 110 valence electrons. The third kappa shape index (κ3) is 2.05. The van der Waals surface area contributed by atoms with Gasteiger partial charge in [0, 0.05) is 12.1 Å². The van der Waals surface area contributed by atoms with Crippen LogP contribution < -0.4 is 4.90 Å². The molecule has 1 aromatic carbocycles. The van der Waals surface area contributed by atoms with Crippen LogP contribution in [0.4, 0.5) is 11.4 Å². The van der Waals surface area contributed by atoms with E-state index in [0.717, 1.165) is 35.9 Å². The molecule has 0 radical (unpaired) electrons. The number of nitrogens with zero attached hydrogens (tertiary/aromatic N) is 2. The van der Waals surface area contributed by atoms with Gasteiger partial charge in [0.05, 0.1) is 16.8 Å². The summed E-state index contributed by atoms with van der Waals surface area (Å²) in [5.74, 6) is -1.74. The molecule has 2 amide bonds. The summed E-state index contributed by atoms with van der Waals surface area (Å²) in [6.45, 7) is 0. The highest BCUT2D eigenvalue weighted by molar-refractivity contribution is 6.22. The van der Waals surface area contributed by atoms with Crippen LogP contribution in [0.5, 0.6) is 5.75 Å². The van der Waals surface area contributed by atoms with Crippen molar-refractivity contribution in [2.75, 3.05) is 4.90 Å². The summed E-state index contributed by atoms with van der Waals surface area (Å²) in [4.78, 5) is 35.9. The van der Waals surface area contributed by atoms with Crippen molar-refractivity contribution in [3.05, 3.63) is 28.3 Å². The Kier molecular flexibility index (Phi) is 3.12. The van der Waals surface area contributed by atoms with E-state index in [9.17, 15) is 24.8 Å². The molecule has 1 aliphatic heterocycles. The number of imide groups is 1. The molecule has 21 heavy (non-hydrogen) atoms. The maximum Gasteiger partial charge on any atom is 0.271 e. The number of carbonyl (C=O) groups excluding carboxylic acids is 2. The number of nitro benzene ring substituents is 1. The first-order chi connectivity index (χ1) is 10.0. The average Bonchev–Trinajstić information content (AvgIpc) is 2.72. The van der Waals surface area contributed by atoms with Crippen molar-refractivity contribution in [3.63, 3.8) is 0 Å². The SMILES string of the molecule is O=C1[C@H]2CCCC[C@H]2C(=O)N1c1cc([N+](=O)[O-])ccc1O. The first-order valence-electron chi connectivity index (χ1n) is 6.86. The predicted octanol–water partition coefficient (Wildman–Crippen LogP) is 1.98. The van der Waals surface area contributed by atoms with Crippen LogP contribution in [0.15, 0.2) is 18.2 Å². The van der Waals surface area contributed by atoms with Gasteiger partial charge in [-0.2, -0.15) is 0 Å². The topological polar surface area (TPSA) is 101 Å². The van der Waals surface area contributed by atoms with E-state index in [1.54, 1.807) is 0 Å². The van der Waals surface area contributed by atoms with Crippen molar-refractivity contribution in [2.45, 2.75) is 25.7 Å². The number of anilines is 1. The van der Waals surface area contributed by atoms with Crippen molar-refractivity contribution < 1.29 is 19.6 Å². The Morgan fingerprint density at radius 1 is 1.14 bits per heavy atom. The zero-order valence-corrected chi connectivity index (χ0v) is 11.2. The maximum absolute atomic E-state index is 12.4. The molecule has 1 heterocycles. The monoisotopic (exact) mass is 290 g/mol. The van der Waals surface area contributed by atoms with Crippen LogP contribution in [0.3, 0.4) is 0 Å². The molecule has 7 nitrogen and oxygen atoms in total. The Labute approximate surface area is 120 Å². The third-order valence-electron chi connectivity index (χ3n) is 4.25. The van der Waals surface area contributed by atoms with Crippen LogP contribution in [0, 0.1) is 22.0 Å². The molecule has 0 bridgehead atoms. The molecule has 1 aliphatic carbocycles. The molecule has 2 aliphatic rings. The van der Waals surface area contributed by atoms with Gasteiger partial charge in [0.15, 0.2) is 0 Å². The van der Waals surface area contributed by atoms with Crippen LogP contribution in [0.25, 0.3) is 0 Å². The summed E-state index contributed by atoms with van der Waals surface area (Å²) >= 11 is 0. The number of carbonyl (C=O) groups is 2. The fourth-order valence-electron chi connectivity index (χ4n) is 3.20. The molecule has 1 saturated heterocycles. The second-order valence-corrected chi connectivity index (χ2v) is 5.44. The number of non-ortho nitro benzene ring substituents is 1. The van der Waals surface area contributed by atoms with Gasteiger partial charge in [0.1, 0.15) is 11.4 Å². The maximum atomic E-state index is 12.4. The zero-order chi connectivity index (χ0) is 15.1. The van der Waals surface area contributed by atoms with Gasteiger partial charge in [-0.3, -0.25) is 19.7 Å². The van der Waals surface area contributed by atoms with E-state index in [2.05, 4.69) is 0 Å². The first kappa shape index (κ1) is 13.5. The summed E-state index contributed by atoms with van der Waals surface area (Å²) in [5, 5.41) is 20.7. The average molecular weight is 290 g/mol. The minimum absolute atomic E-state index is 0.0893. The highest BCUT2D eigenvalue weighted by atomic mass is 16.6. The van der Waals surface area contributed by atoms with Gasteiger partial charge < -0.3 is 5.11 Å². The molecular weight excluding hydrogens is 276 g/mol. The van der Waals surface area contributed by atoms with Gasteiger partial charge in [-0.05, 0) is 18.9 Å². The number of phenols is 1. The Morgan fingerprint density at radius 3 is 2.24 bits per heavy atom. The second kappa shape index (κ2) is 4.83. The standard InChI is InChI=1S/C14H14N2O5/c17-12-6-5-8(16(20)21)7-11(12)15-13(18)9-3-1-2-4-10(9)14(15)19/h5-7,9-10,17H,1-4H2/t9-,10+. The minimum Gasteiger partial charge on any atom is -0.506 e. The number of fused-ring (bicyclic) bond motifs is 1. The highest BCUT2D eigenvalue weighted by Crippen LogP contribution is 2.43. The highest BCUT2D eigenvalue weighted by Gasteiger charge is 2.49. The zero-order valence-electron chi connectivity index (χ0n) is 11.2. The van der Waals surface area contributed by atoms with E-state index in [-0.39, 0.29) is 40.8 Å². The van der Waals surface area contributed by atoms with Gasteiger partial charge in [-0.15, -0.1) is 0 Å². The molecule has 2 fully saturated rings. The first-order valence-corrected chi connectivity index (χ1v) is 6.86. The van der Waals surface area contributed by atoms with E-state index < -0.39 is 4.92 Å². The van der Waals surface area contributed by atoms with E-state index in [4.69, 9.17) is 0 Å². The second-order valence-electron chi connectivity index (χ2n) is 5.44. The molecule has 1 N–H and O–H groups in total. The molecular formula is C14H14N2O5. The molecule has 3 rings (SSSR count). The number of phenolic OH excluding ortho intramolecular Hbond substituents is 1. The van der Waals surface area contributed by atoms with Gasteiger partial charge in [-0.1, -0.05) is 12.8 Å². The Bertz CT molecular complexity index is 618. The molecule has 1 aromatic rings. The Morgan fingerprint density at radius 2 is 1.71 bits per heavy atom. The van der Waals surface area contributed by atoms with Gasteiger partial charge in [-0.25, -0.2) is 4.90 Å². The normalized spacial score (nSPS) is 25.0. The van der Waals surface area contributed by atoms with E-state index >= 15 is 0 Å². The van der Waals surface area contributed by atoms with Crippen molar-refractivity contribution in [1.29, 1.82) is 0 Å². The van der Waals surface area contributed by atoms with Crippen molar-refractivity contribution >= 4 is 23.2 Å². The Hall–Kier alpha value is -2.44. The lowest BCUT2D eigenvalue weighted by Crippen LogP contribution is -2.30. The molecule has 7 heteroatoms. The van der Waals surface area contributed by atoms with Crippen molar-refractivity contribution in [1.82, 2.24) is 0 Å². The fraction of sp³-hybridized carbons (Fsp3) is 0.429. The summed E-state index contributed by atoms with van der Waals surface area (Å²) in [5.41, 5.74) is -0.355. The smallest absolute Gasteiger partial charge is 0.271 e. The van der Waals surface area contributed by atoms with E-state index in [1.807, 2.05) is 0 Å². The summed E-state index contributed by atoms with van der Waals surface area (Å²) < 4.78 is 0. The number of rotatable bonds is 2. The van der Waals surface area contributed by atoms with Gasteiger partial charge in [0.25, 0.3) is 5.69 Å². The lowest BCUT2D eigenvalue weighted by molar-refractivity contribution is -0.384. The Balaban J connectivity index is 2.04. The molecule has 0 unspecified atom stereocenters. The number of nitro groups is 1. The number of benzene rings is 1. The lowest BCUT2D eigenvalue weighted by atomic mass is 9.81. The molecule has 0 spiro atoms. The largest absolute Gasteiger partial charge is 0.506 e.